The first-order valence-corrected chi connectivity index (χ1v) is 5.63. The normalized spacial score (nSPS) is 39.0. The van der Waals surface area contributed by atoms with Crippen molar-refractivity contribution in [1.29, 1.82) is 0 Å². The van der Waals surface area contributed by atoms with Gasteiger partial charge in [-0.25, -0.2) is 0 Å². The van der Waals surface area contributed by atoms with Gasteiger partial charge in [0.25, 0.3) is 0 Å². The lowest BCUT2D eigenvalue weighted by atomic mass is 9.70. The van der Waals surface area contributed by atoms with Crippen molar-refractivity contribution in [3.63, 3.8) is 0 Å². The maximum Gasteiger partial charge on any atom is 0.137 e. The molecule has 0 heterocycles. The summed E-state index contributed by atoms with van der Waals surface area (Å²) in [5.74, 6) is 0.931. The van der Waals surface area contributed by atoms with Gasteiger partial charge in [-0.3, -0.25) is 4.79 Å². The van der Waals surface area contributed by atoms with Gasteiger partial charge in [-0.05, 0) is 36.5 Å². The van der Waals surface area contributed by atoms with E-state index in [0.717, 1.165) is 19.3 Å². The number of carbonyl (C=O) groups excluding carboxylic acids is 1. The highest BCUT2D eigenvalue weighted by atomic mass is 16.1. The number of Topliss-reactive ketones (excluding diaryl/α,β-unsaturated/α-hetero) is 1. The molecule has 2 fully saturated rings. The SMILES string of the molecule is C=CCCC12CC1C(=O)CC(C)(C)C2. The van der Waals surface area contributed by atoms with Crippen LogP contribution in [-0.2, 0) is 4.79 Å². The zero-order valence-electron chi connectivity index (χ0n) is 9.31. The van der Waals surface area contributed by atoms with Crippen LogP contribution in [0.4, 0.5) is 0 Å². The van der Waals surface area contributed by atoms with Crippen LogP contribution in [0.15, 0.2) is 12.7 Å². The number of fused-ring (bicyclic) bond motifs is 1. The van der Waals surface area contributed by atoms with E-state index in [0.29, 0.717) is 17.1 Å². The summed E-state index contributed by atoms with van der Waals surface area (Å²) in [6, 6.07) is 0. The molecular weight excluding hydrogens is 172 g/mol. The van der Waals surface area contributed by atoms with E-state index in [-0.39, 0.29) is 5.41 Å². The molecule has 0 aromatic heterocycles. The molecule has 78 valence electrons. The Balaban J connectivity index is 2.08. The Kier molecular flexibility index (Phi) is 2.09. The molecule has 1 nitrogen and oxygen atoms in total. The van der Waals surface area contributed by atoms with Crippen LogP contribution in [0, 0.1) is 16.7 Å². The monoisotopic (exact) mass is 192 g/mol. The second-order valence-electron chi connectivity index (χ2n) is 5.93. The summed E-state index contributed by atoms with van der Waals surface area (Å²) in [4.78, 5) is 11.8. The van der Waals surface area contributed by atoms with Crippen molar-refractivity contribution in [3.05, 3.63) is 12.7 Å². The fourth-order valence-electron chi connectivity index (χ4n) is 3.36. The molecule has 2 saturated carbocycles. The topological polar surface area (TPSA) is 17.1 Å². The summed E-state index contributed by atoms with van der Waals surface area (Å²) >= 11 is 0. The van der Waals surface area contributed by atoms with Gasteiger partial charge in [0.05, 0.1) is 0 Å². The predicted molar refractivity (Wildman–Crippen MR) is 58.0 cm³/mol. The molecule has 0 amide bonds. The maximum absolute atomic E-state index is 11.8. The molecule has 2 unspecified atom stereocenters. The summed E-state index contributed by atoms with van der Waals surface area (Å²) in [7, 11) is 0. The Morgan fingerprint density at radius 3 is 2.93 bits per heavy atom. The van der Waals surface area contributed by atoms with E-state index < -0.39 is 0 Å². The molecule has 14 heavy (non-hydrogen) atoms. The first kappa shape index (κ1) is 9.95. The molecule has 0 saturated heterocycles. The fraction of sp³-hybridized carbons (Fsp3) is 0.769. The third kappa shape index (κ3) is 1.53. The zero-order chi connectivity index (χ0) is 10.4. The van der Waals surface area contributed by atoms with E-state index in [2.05, 4.69) is 20.4 Å². The molecule has 2 aliphatic rings. The summed E-state index contributed by atoms with van der Waals surface area (Å²) in [5.41, 5.74) is 0.623. The van der Waals surface area contributed by atoms with Gasteiger partial charge in [0, 0.05) is 12.3 Å². The fourth-order valence-corrected chi connectivity index (χ4v) is 3.36. The molecule has 0 bridgehead atoms. The van der Waals surface area contributed by atoms with E-state index >= 15 is 0 Å². The average molecular weight is 192 g/mol. The summed E-state index contributed by atoms with van der Waals surface area (Å²) < 4.78 is 0. The molecule has 0 aromatic carbocycles. The Morgan fingerprint density at radius 1 is 1.57 bits per heavy atom. The van der Waals surface area contributed by atoms with Crippen LogP contribution in [0.3, 0.4) is 0 Å². The predicted octanol–water partition coefficient (Wildman–Crippen LogP) is 3.35. The molecule has 0 spiro atoms. The van der Waals surface area contributed by atoms with Crippen LogP contribution in [0.2, 0.25) is 0 Å². The molecule has 0 aromatic rings. The smallest absolute Gasteiger partial charge is 0.137 e. The number of hydrogen-bond acceptors (Lipinski definition) is 1. The summed E-state index contributed by atoms with van der Waals surface area (Å²) in [5, 5.41) is 0. The lowest BCUT2D eigenvalue weighted by Gasteiger charge is -2.34. The van der Waals surface area contributed by atoms with Crippen molar-refractivity contribution in [2.75, 3.05) is 0 Å². The van der Waals surface area contributed by atoms with Crippen molar-refractivity contribution in [2.24, 2.45) is 16.7 Å². The largest absolute Gasteiger partial charge is 0.299 e. The standard InChI is InChI=1S/C13H20O/c1-4-5-6-13-7-10(13)11(14)8-12(2,3)9-13/h4,10H,1,5-9H2,2-3H3. The van der Waals surface area contributed by atoms with Crippen molar-refractivity contribution in [1.82, 2.24) is 0 Å². The van der Waals surface area contributed by atoms with Gasteiger partial charge in [0.2, 0.25) is 0 Å². The van der Waals surface area contributed by atoms with Gasteiger partial charge in [-0.2, -0.15) is 0 Å². The molecular formula is C13H20O. The third-order valence-electron chi connectivity index (χ3n) is 3.91. The average Bonchev–Trinajstić information content (AvgIpc) is 2.74. The van der Waals surface area contributed by atoms with Gasteiger partial charge >= 0.3 is 0 Å². The van der Waals surface area contributed by atoms with Crippen LogP contribution in [-0.4, -0.2) is 5.78 Å². The van der Waals surface area contributed by atoms with Crippen LogP contribution in [0.1, 0.15) is 46.0 Å². The number of carbonyl (C=O) groups is 1. The summed E-state index contributed by atoms with van der Waals surface area (Å²) in [6.45, 7) is 8.23. The van der Waals surface area contributed by atoms with Crippen molar-refractivity contribution in [2.45, 2.75) is 46.0 Å². The Labute approximate surface area is 86.6 Å². The second-order valence-corrected chi connectivity index (χ2v) is 5.93. The first-order valence-electron chi connectivity index (χ1n) is 5.63. The van der Waals surface area contributed by atoms with Crippen LogP contribution < -0.4 is 0 Å². The minimum atomic E-state index is 0.241. The van der Waals surface area contributed by atoms with Crippen molar-refractivity contribution in [3.8, 4) is 0 Å². The van der Waals surface area contributed by atoms with E-state index in [1.54, 1.807) is 0 Å². The number of ketones is 1. The van der Waals surface area contributed by atoms with E-state index in [9.17, 15) is 4.79 Å². The van der Waals surface area contributed by atoms with Gasteiger partial charge < -0.3 is 0 Å². The first-order chi connectivity index (χ1) is 6.49. The highest BCUT2D eigenvalue weighted by molar-refractivity contribution is 5.86. The lowest BCUT2D eigenvalue weighted by Crippen LogP contribution is -2.30. The van der Waals surface area contributed by atoms with E-state index in [4.69, 9.17) is 0 Å². The van der Waals surface area contributed by atoms with Gasteiger partial charge in [0.1, 0.15) is 5.78 Å². The van der Waals surface area contributed by atoms with Crippen LogP contribution >= 0.6 is 0 Å². The highest BCUT2D eigenvalue weighted by Crippen LogP contribution is 2.66. The third-order valence-corrected chi connectivity index (χ3v) is 3.91. The van der Waals surface area contributed by atoms with Crippen molar-refractivity contribution < 1.29 is 4.79 Å². The maximum atomic E-state index is 11.8. The minimum Gasteiger partial charge on any atom is -0.299 e. The lowest BCUT2D eigenvalue weighted by molar-refractivity contribution is -0.125. The quantitative estimate of drug-likeness (QED) is 0.627. The summed E-state index contributed by atoms with van der Waals surface area (Å²) in [6.07, 6.45) is 7.42. The van der Waals surface area contributed by atoms with Crippen LogP contribution in [0.5, 0.6) is 0 Å². The van der Waals surface area contributed by atoms with Gasteiger partial charge in [0.15, 0.2) is 0 Å². The van der Waals surface area contributed by atoms with Gasteiger partial charge in [-0.1, -0.05) is 19.9 Å². The Morgan fingerprint density at radius 2 is 2.29 bits per heavy atom. The van der Waals surface area contributed by atoms with Crippen LogP contribution in [0.25, 0.3) is 0 Å². The molecule has 1 heteroatoms. The number of rotatable bonds is 3. The molecule has 2 aliphatic carbocycles. The Bertz CT molecular complexity index is 277. The number of allylic oxidation sites excluding steroid dienone is 1. The molecule has 0 radical (unpaired) electrons. The van der Waals surface area contributed by atoms with Crippen molar-refractivity contribution >= 4 is 5.78 Å². The van der Waals surface area contributed by atoms with E-state index in [1.807, 2.05) is 6.08 Å². The number of hydrogen-bond donors (Lipinski definition) is 0. The van der Waals surface area contributed by atoms with E-state index in [1.165, 1.54) is 12.8 Å². The minimum absolute atomic E-state index is 0.241. The van der Waals surface area contributed by atoms with Gasteiger partial charge in [-0.15, -0.1) is 6.58 Å². The highest BCUT2D eigenvalue weighted by Gasteiger charge is 2.61. The molecule has 2 atom stereocenters. The molecule has 2 rings (SSSR count). The molecule has 0 aliphatic heterocycles. The zero-order valence-corrected chi connectivity index (χ0v) is 9.31. The molecule has 0 N–H and O–H groups in total. The second kappa shape index (κ2) is 2.95. The Hall–Kier alpha value is -0.590.